The fourth-order valence-electron chi connectivity index (χ4n) is 4.35. The molecule has 2 aliphatic rings. The Hall–Kier alpha value is -2.82. The van der Waals surface area contributed by atoms with Crippen molar-refractivity contribution in [2.45, 2.75) is 31.7 Å². The van der Waals surface area contributed by atoms with Crippen molar-refractivity contribution in [2.75, 3.05) is 22.9 Å². The van der Waals surface area contributed by atoms with Crippen molar-refractivity contribution in [1.29, 1.82) is 0 Å². The van der Waals surface area contributed by atoms with Crippen molar-refractivity contribution < 1.29 is 4.79 Å². The summed E-state index contributed by atoms with van der Waals surface area (Å²) in [7, 11) is 0. The highest BCUT2D eigenvalue weighted by Crippen LogP contribution is 2.38. The molecule has 1 amide bonds. The van der Waals surface area contributed by atoms with Crippen LogP contribution in [0.15, 0.2) is 48.7 Å². The Morgan fingerprint density at radius 2 is 2.04 bits per heavy atom. The van der Waals surface area contributed by atoms with Gasteiger partial charge >= 0.3 is 0 Å². The van der Waals surface area contributed by atoms with E-state index >= 15 is 0 Å². The molecular formula is C21H22N4O. The molecule has 5 heteroatoms. The van der Waals surface area contributed by atoms with E-state index in [1.165, 1.54) is 18.5 Å². The molecule has 5 rings (SSSR count). The van der Waals surface area contributed by atoms with Crippen LogP contribution in [0.3, 0.4) is 0 Å². The third kappa shape index (κ3) is 2.55. The van der Waals surface area contributed by atoms with Crippen LogP contribution in [0.2, 0.25) is 0 Å². The SMILES string of the molecule is O=C(Cc1ccc2cn[nH]c2c1)N1CC2CCCCN2c2ccccc21. The average Bonchev–Trinajstić information content (AvgIpc) is 3.15. The van der Waals surface area contributed by atoms with Gasteiger partial charge < -0.3 is 9.80 Å². The largest absolute Gasteiger partial charge is 0.365 e. The van der Waals surface area contributed by atoms with E-state index < -0.39 is 0 Å². The number of nitrogens with one attached hydrogen (secondary N) is 1. The van der Waals surface area contributed by atoms with E-state index in [1.54, 1.807) is 6.20 Å². The smallest absolute Gasteiger partial charge is 0.231 e. The predicted octanol–water partition coefficient (Wildman–Crippen LogP) is 3.51. The van der Waals surface area contributed by atoms with E-state index in [0.29, 0.717) is 12.5 Å². The molecule has 3 heterocycles. The van der Waals surface area contributed by atoms with Crippen molar-refractivity contribution in [3.8, 4) is 0 Å². The molecule has 1 aromatic heterocycles. The quantitative estimate of drug-likeness (QED) is 0.772. The number of H-pyrrole nitrogens is 1. The summed E-state index contributed by atoms with van der Waals surface area (Å²) < 4.78 is 0. The lowest BCUT2D eigenvalue weighted by molar-refractivity contribution is -0.118. The Balaban J connectivity index is 1.45. The Labute approximate surface area is 152 Å². The highest BCUT2D eigenvalue weighted by molar-refractivity contribution is 5.99. The molecule has 3 aromatic rings. The number of aromatic nitrogens is 2. The van der Waals surface area contributed by atoms with Gasteiger partial charge in [-0.25, -0.2) is 0 Å². The number of carbonyl (C=O) groups excluding carboxylic acids is 1. The molecule has 5 nitrogen and oxygen atoms in total. The number of rotatable bonds is 2. The molecule has 1 unspecified atom stereocenters. The maximum Gasteiger partial charge on any atom is 0.231 e. The number of anilines is 2. The molecule has 1 atom stereocenters. The number of nitrogens with zero attached hydrogens (tertiary/aromatic N) is 3. The van der Waals surface area contributed by atoms with Crippen LogP contribution in [-0.4, -0.2) is 35.2 Å². The van der Waals surface area contributed by atoms with Gasteiger partial charge in [-0.3, -0.25) is 9.89 Å². The second-order valence-corrected chi connectivity index (χ2v) is 7.30. The highest BCUT2D eigenvalue weighted by Gasteiger charge is 2.34. The molecule has 0 radical (unpaired) electrons. The average molecular weight is 346 g/mol. The zero-order valence-corrected chi connectivity index (χ0v) is 14.7. The molecule has 0 bridgehead atoms. The van der Waals surface area contributed by atoms with E-state index in [1.807, 2.05) is 29.2 Å². The molecule has 1 N–H and O–H groups in total. The maximum atomic E-state index is 13.2. The fourth-order valence-corrected chi connectivity index (χ4v) is 4.35. The van der Waals surface area contributed by atoms with Crippen LogP contribution in [0.5, 0.6) is 0 Å². The molecule has 0 aliphatic carbocycles. The van der Waals surface area contributed by atoms with Gasteiger partial charge in [0.25, 0.3) is 0 Å². The van der Waals surface area contributed by atoms with Gasteiger partial charge in [0.05, 0.1) is 29.5 Å². The maximum absolute atomic E-state index is 13.2. The van der Waals surface area contributed by atoms with Crippen LogP contribution in [0.25, 0.3) is 10.9 Å². The first-order chi connectivity index (χ1) is 12.8. The third-order valence-electron chi connectivity index (χ3n) is 5.67. The van der Waals surface area contributed by atoms with Crippen molar-refractivity contribution in [2.24, 2.45) is 0 Å². The topological polar surface area (TPSA) is 52.2 Å². The van der Waals surface area contributed by atoms with Crippen molar-refractivity contribution in [1.82, 2.24) is 10.2 Å². The minimum absolute atomic E-state index is 0.168. The van der Waals surface area contributed by atoms with E-state index in [9.17, 15) is 4.79 Å². The zero-order chi connectivity index (χ0) is 17.5. The first kappa shape index (κ1) is 15.4. The molecule has 1 fully saturated rings. The van der Waals surface area contributed by atoms with Crippen LogP contribution in [0.1, 0.15) is 24.8 Å². The summed E-state index contributed by atoms with van der Waals surface area (Å²) in [6.07, 6.45) is 5.87. The number of benzene rings is 2. The Kier molecular flexibility index (Phi) is 3.66. The van der Waals surface area contributed by atoms with Gasteiger partial charge in [0.2, 0.25) is 5.91 Å². The number of fused-ring (bicyclic) bond motifs is 4. The second-order valence-electron chi connectivity index (χ2n) is 7.30. The summed E-state index contributed by atoms with van der Waals surface area (Å²) in [5.41, 5.74) is 4.27. The number of para-hydroxylation sites is 2. The molecule has 0 saturated carbocycles. The Morgan fingerprint density at radius 1 is 1.15 bits per heavy atom. The Bertz CT molecular complexity index is 963. The van der Waals surface area contributed by atoms with Gasteiger partial charge in [-0.05, 0) is 43.0 Å². The van der Waals surface area contributed by atoms with Gasteiger partial charge in [0, 0.05) is 24.5 Å². The Morgan fingerprint density at radius 3 is 2.96 bits per heavy atom. The highest BCUT2D eigenvalue weighted by atomic mass is 16.2. The number of hydrogen-bond donors (Lipinski definition) is 1. The van der Waals surface area contributed by atoms with Gasteiger partial charge in [-0.1, -0.05) is 24.3 Å². The minimum Gasteiger partial charge on any atom is -0.365 e. The fraction of sp³-hybridized carbons (Fsp3) is 0.333. The number of hydrogen-bond acceptors (Lipinski definition) is 3. The first-order valence-corrected chi connectivity index (χ1v) is 9.38. The van der Waals surface area contributed by atoms with Crippen molar-refractivity contribution in [3.05, 3.63) is 54.2 Å². The number of aromatic amines is 1. The molecule has 26 heavy (non-hydrogen) atoms. The number of piperidine rings is 1. The summed E-state index contributed by atoms with van der Waals surface area (Å²) in [5, 5.41) is 8.12. The van der Waals surface area contributed by atoms with Crippen LogP contribution in [0.4, 0.5) is 11.4 Å². The van der Waals surface area contributed by atoms with Gasteiger partial charge in [0.15, 0.2) is 0 Å². The minimum atomic E-state index is 0.168. The van der Waals surface area contributed by atoms with Crippen LogP contribution >= 0.6 is 0 Å². The van der Waals surface area contributed by atoms with Gasteiger partial charge in [0.1, 0.15) is 0 Å². The van der Waals surface area contributed by atoms with E-state index in [-0.39, 0.29) is 5.91 Å². The number of amides is 1. The van der Waals surface area contributed by atoms with Crippen molar-refractivity contribution in [3.63, 3.8) is 0 Å². The summed E-state index contributed by atoms with van der Waals surface area (Å²) in [6.45, 7) is 1.89. The van der Waals surface area contributed by atoms with E-state index in [0.717, 1.165) is 41.7 Å². The first-order valence-electron chi connectivity index (χ1n) is 9.38. The summed E-state index contributed by atoms with van der Waals surface area (Å²) >= 11 is 0. The van der Waals surface area contributed by atoms with Crippen LogP contribution in [0, 0.1) is 0 Å². The second kappa shape index (κ2) is 6.16. The van der Waals surface area contributed by atoms with Crippen LogP contribution in [-0.2, 0) is 11.2 Å². The number of carbonyl (C=O) groups is 1. The van der Waals surface area contributed by atoms with Crippen LogP contribution < -0.4 is 9.80 Å². The molecule has 2 aromatic carbocycles. The molecule has 0 spiro atoms. The van der Waals surface area contributed by atoms with Gasteiger partial charge in [-0.2, -0.15) is 5.10 Å². The predicted molar refractivity (Wildman–Crippen MR) is 104 cm³/mol. The molecule has 132 valence electrons. The van der Waals surface area contributed by atoms with Gasteiger partial charge in [-0.15, -0.1) is 0 Å². The van der Waals surface area contributed by atoms with E-state index in [2.05, 4.69) is 33.3 Å². The summed E-state index contributed by atoms with van der Waals surface area (Å²) in [4.78, 5) is 17.7. The van der Waals surface area contributed by atoms with E-state index in [4.69, 9.17) is 0 Å². The lowest BCUT2D eigenvalue weighted by Gasteiger charge is -2.46. The molecule has 2 aliphatic heterocycles. The molecule has 1 saturated heterocycles. The normalized spacial score (nSPS) is 19.3. The lowest BCUT2D eigenvalue weighted by Crippen LogP contribution is -2.53. The zero-order valence-electron chi connectivity index (χ0n) is 14.7. The lowest BCUT2D eigenvalue weighted by atomic mass is 9.96. The summed E-state index contributed by atoms with van der Waals surface area (Å²) in [6, 6.07) is 14.9. The van der Waals surface area contributed by atoms with Crippen molar-refractivity contribution >= 4 is 28.2 Å². The standard InChI is InChI=1S/C21H22N4O/c26-21(12-15-8-9-16-13-22-23-18(16)11-15)25-14-17-5-3-4-10-24(17)19-6-1-2-7-20(19)25/h1-2,6-9,11,13,17H,3-5,10,12,14H2,(H,22,23). The molecular weight excluding hydrogens is 324 g/mol. The summed E-state index contributed by atoms with van der Waals surface area (Å²) in [5.74, 6) is 0.168. The monoisotopic (exact) mass is 346 g/mol. The third-order valence-corrected chi connectivity index (χ3v) is 5.67.